The van der Waals surface area contributed by atoms with Crippen molar-refractivity contribution >= 4 is 58.2 Å². The van der Waals surface area contributed by atoms with Gasteiger partial charge in [-0.3, -0.25) is 33.8 Å². The maximum atomic E-state index is 13.8. The second-order valence-electron chi connectivity index (χ2n) is 14.1. The van der Waals surface area contributed by atoms with E-state index >= 15 is 0 Å². The Morgan fingerprint density at radius 1 is 0.737 bits per heavy atom. The Morgan fingerprint density at radius 3 is 2.02 bits per heavy atom. The van der Waals surface area contributed by atoms with Crippen LogP contribution < -0.4 is 37.3 Å². The number of hydrogen-bond acceptors (Lipinski definition) is 10. The summed E-state index contributed by atoms with van der Waals surface area (Å²) in [5, 5.41) is 26.0. The van der Waals surface area contributed by atoms with Gasteiger partial charge in [-0.2, -0.15) is 5.10 Å². The number of aliphatic hydroxyl groups excluding tert-OH is 1. The molecule has 1 aliphatic rings. The molecule has 3 aromatic carbocycles. The largest absolute Gasteiger partial charge is 0.392 e. The number of anilines is 2. The summed E-state index contributed by atoms with van der Waals surface area (Å²) in [5.41, 5.74) is 5.02. The maximum absolute atomic E-state index is 13.8. The monoisotopic (exact) mass is 781 g/mol. The molecule has 6 amide bonds. The van der Waals surface area contributed by atoms with Gasteiger partial charge in [-0.25, -0.2) is 0 Å². The van der Waals surface area contributed by atoms with Crippen LogP contribution in [-0.2, 0) is 41.9 Å². The van der Waals surface area contributed by atoms with Gasteiger partial charge in [0.2, 0.25) is 35.4 Å². The van der Waals surface area contributed by atoms with Crippen LogP contribution >= 0.6 is 0 Å². The van der Waals surface area contributed by atoms with Crippen molar-refractivity contribution in [1.29, 1.82) is 0 Å². The Balaban J connectivity index is 1.27. The molecule has 0 saturated heterocycles. The fourth-order valence-corrected chi connectivity index (χ4v) is 5.99. The van der Waals surface area contributed by atoms with Gasteiger partial charge in [0.05, 0.1) is 37.6 Å². The molecule has 302 valence electrons. The zero-order chi connectivity index (χ0) is 41.6. The molecule has 0 fully saturated rings. The predicted octanol–water partition coefficient (Wildman–Crippen LogP) is 1.88. The summed E-state index contributed by atoms with van der Waals surface area (Å²) in [4.78, 5) is 83.9. The lowest BCUT2D eigenvalue weighted by molar-refractivity contribution is -0.132. The van der Waals surface area contributed by atoms with Gasteiger partial charge < -0.3 is 42.4 Å². The van der Waals surface area contributed by atoms with E-state index in [9.17, 15) is 33.9 Å². The minimum atomic E-state index is -1.01. The Labute approximate surface area is 331 Å². The van der Waals surface area contributed by atoms with Crippen molar-refractivity contribution in [1.82, 2.24) is 21.3 Å². The highest BCUT2D eigenvalue weighted by Crippen LogP contribution is 2.30. The molecule has 16 nitrogen and oxygen atoms in total. The van der Waals surface area contributed by atoms with Crippen molar-refractivity contribution in [3.8, 4) is 0 Å². The number of aliphatic hydroxyl groups is 1. The number of nitrogens with two attached hydrogens (primary N) is 1. The van der Waals surface area contributed by atoms with Crippen LogP contribution in [0.15, 0.2) is 82.9 Å². The van der Waals surface area contributed by atoms with E-state index in [2.05, 4.69) is 31.7 Å². The molecule has 0 radical (unpaired) electrons. The summed E-state index contributed by atoms with van der Waals surface area (Å²) in [6, 6.07) is 19.3. The number of nitrogens with zero attached hydrogens (tertiary/aromatic N) is 3. The number of hydrazone groups is 1. The van der Waals surface area contributed by atoms with Gasteiger partial charge in [0.25, 0.3) is 0 Å². The molecule has 8 N–H and O–H groups in total. The van der Waals surface area contributed by atoms with Crippen molar-refractivity contribution in [3.05, 3.63) is 95.1 Å². The second-order valence-corrected chi connectivity index (χ2v) is 14.1. The van der Waals surface area contributed by atoms with Gasteiger partial charge in [-0.05, 0) is 56.0 Å². The van der Waals surface area contributed by atoms with Crippen LogP contribution in [0.2, 0.25) is 0 Å². The molecule has 1 aliphatic heterocycles. The number of rotatable bonds is 15. The molecule has 0 saturated carbocycles. The third kappa shape index (κ3) is 12.0. The number of fused-ring (bicyclic) bond motifs is 2. The molecule has 0 spiro atoms. The summed E-state index contributed by atoms with van der Waals surface area (Å²) < 4.78 is 0. The van der Waals surface area contributed by atoms with Crippen LogP contribution in [-0.4, -0.2) is 83.2 Å². The second kappa shape index (κ2) is 20.5. The number of para-hydroxylation sites is 1. The van der Waals surface area contributed by atoms with Gasteiger partial charge in [0.15, 0.2) is 0 Å². The summed E-state index contributed by atoms with van der Waals surface area (Å²) in [5.74, 6) is 2.30. The van der Waals surface area contributed by atoms with E-state index < -0.39 is 54.7 Å². The fraction of sp³-hybridized carbons (Fsp3) is 0.366. The molecule has 0 aliphatic carbocycles. The maximum Gasteiger partial charge on any atom is 0.246 e. The first kappa shape index (κ1) is 43.3. The Hall–Kier alpha value is -6.42. The molecule has 4 rings (SSSR count). The first-order chi connectivity index (χ1) is 27.2. The van der Waals surface area contributed by atoms with Crippen LogP contribution in [0.25, 0.3) is 0 Å². The van der Waals surface area contributed by atoms with Gasteiger partial charge in [-0.15, -0.1) is 0 Å². The van der Waals surface area contributed by atoms with E-state index in [1.807, 2.05) is 62.4 Å². The molecule has 2 atom stereocenters. The average molecular weight is 782 g/mol. The Kier molecular flexibility index (Phi) is 15.6. The number of amides is 6. The van der Waals surface area contributed by atoms with Crippen LogP contribution in [0.1, 0.15) is 69.7 Å². The molecular formula is C41H51N9O7. The van der Waals surface area contributed by atoms with Crippen molar-refractivity contribution < 1.29 is 33.9 Å². The fourth-order valence-electron chi connectivity index (χ4n) is 5.99. The molecular weight excluding hydrogens is 731 g/mol. The lowest BCUT2D eigenvalue weighted by Crippen LogP contribution is -2.55. The number of hydrogen-bond donors (Lipinski definition) is 7. The van der Waals surface area contributed by atoms with E-state index in [0.29, 0.717) is 33.9 Å². The molecule has 0 bridgehead atoms. The lowest BCUT2D eigenvalue weighted by atomic mass is 9.91. The number of nitrogens with one attached hydrogen (secondary N) is 5. The highest BCUT2D eigenvalue weighted by molar-refractivity contribution is 6.55. The average Bonchev–Trinajstić information content (AvgIpc) is 3.19. The van der Waals surface area contributed by atoms with Crippen molar-refractivity contribution in [3.63, 3.8) is 0 Å². The molecule has 16 heteroatoms. The SMILES string of the molecule is CC(C)N=C1C(=NN)c2ccccc2CN(C(=O)CCC(=O)NCC(=O)NCC(=O)N[C@H](C(=O)N[C@@H](C)C(=O)Nc2ccc(CO)cc2)C(C)C)c2ccccc21. The molecule has 0 aromatic heterocycles. The molecule has 1 heterocycles. The van der Waals surface area contributed by atoms with E-state index in [1.54, 1.807) is 43.0 Å². The van der Waals surface area contributed by atoms with Crippen LogP contribution in [0.3, 0.4) is 0 Å². The first-order valence-corrected chi connectivity index (χ1v) is 18.7. The number of carbonyl (C=O) groups is 6. The number of carbonyl (C=O) groups excluding carboxylic acids is 6. The minimum absolute atomic E-state index is 0.0981. The summed E-state index contributed by atoms with van der Waals surface area (Å²) in [7, 11) is 0. The topological polar surface area (TPSA) is 237 Å². The van der Waals surface area contributed by atoms with Crippen molar-refractivity contribution in [2.45, 2.75) is 78.7 Å². The number of aliphatic imine (C=N–C) groups is 1. The lowest BCUT2D eigenvalue weighted by Gasteiger charge is -2.30. The van der Waals surface area contributed by atoms with Gasteiger partial charge >= 0.3 is 0 Å². The zero-order valence-corrected chi connectivity index (χ0v) is 32.8. The van der Waals surface area contributed by atoms with Crippen molar-refractivity contribution in [2.75, 3.05) is 23.3 Å². The highest BCUT2D eigenvalue weighted by Gasteiger charge is 2.30. The minimum Gasteiger partial charge on any atom is -0.392 e. The summed E-state index contributed by atoms with van der Waals surface area (Å²) in [6.45, 7) is 7.94. The van der Waals surface area contributed by atoms with Gasteiger partial charge in [0.1, 0.15) is 17.8 Å². The zero-order valence-electron chi connectivity index (χ0n) is 32.8. The van der Waals surface area contributed by atoms with Gasteiger partial charge in [0, 0.05) is 35.7 Å². The smallest absolute Gasteiger partial charge is 0.246 e. The Bertz CT molecular complexity index is 2010. The third-order valence-corrected chi connectivity index (χ3v) is 8.97. The van der Waals surface area contributed by atoms with Crippen LogP contribution in [0.5, 0.6) is 0 Å². The van der Waals surface area contributed by atoms with Gasteiger partial charge in [-0.1, -0.05) is 68.4 Å². The van der Waals surface area contributed by atoms with E-state index in [-0.39, 0.29) is 43.9 Å². The molecule has 0 unspecified atom stereocenters. The summed E-state index contributed by atoms with van der Waals surface area (Å²) >= 11 is 0. The van der Waals surface area contributed by atoms with E-state index in [4.69, 9.17) is 10.8 Å². The molecule has 3 aromatic rings. The third-order valence-electron chi connectivity index (χ3n) is 8.97. The summed E-state index contributed by atoms with van der Waals surface area (Å²) in [6.07, 6.45) is -0.357. The quantitative estimate of drug-likeness (QED) is 0.0886. The predicted molar refractivity (Wildman–Crippen MR) is 217 cm³/mol. The van der Waals surface area contributed by atoms with Crippen LogP contribution in [0.4, 0.5) is 11.4 Å². The van der Waals surface area contributed by atoms with Crippen LogP contribution in [0, 0.1) is 5.92 Å². The first-order valence-electron chi connectivity index (χ1n) is 18.7. The molecule has 57 heavy (non-hydrogen) atoms. The van der Waals surface area contributed by atoms with E-state index in [1.165, 1.54) is 6.92 Å². The van der Waals surface area contributed by atoms with E-state index in [0.717, 1.165) is 11.1 Å². The number of benzene rings is 3. The Morgan fingerprint density at radius 2 is 1.37 bits per heavy atom. The normalized spacial score (nSPS) is 14.8. The van der Waals surface area contributed by atoms with Crippen molar-refractivity contribution in [2.24, 2.45) is 21.9 Å². The standard InChI is InChI=1S/C41H51N9O7/c1-24(2)37(41(57)46-26(5)40(56)47-29-16-14-27(23-51)15-17-29)48-35(54)21-44-34(53)20-43-33(52)18-19-36(55)50-22-28-10-6-7-11-30(28)39(49-42)38(45-25(3)4)31-12-8-9-13-32(31)50/h6-17,24-26,37,51H,18-23,42H2,1-5H3,(H,43,52)(H,44,53)(H,46,57)(H,47,56)(H,48,54)/t26-,37-/m0/s1. The highest BCUT2D eigenvalue weighted by atomic mass is 16.3.